The Hall–Kier alpha value is -2.18. The summed E-state index contributed by atoms with van der Waals surface area (Å²) in [5, 5.41) is 2.91. The molecule has 0 bridgehead atoms. The van der Waals surface area contributed by atoms with Gasteiger partial charge in [-0.2, -0.15) is 0 Å². The van der Waals surface area contributed by atoms with Crippen LogP contribution in [0.5, 0.6) is 0 Å². The molecule has 2 aromatic carbocycles. The lowest BCUT2D eigenvalue weighted by atomic mass is 9.97. The van der Waals surface area contributed by atoms with E-state index in [2.05, 4.69) is 42.9 Å². The molecule has 0 saturated heterocycles. The monoisotopic (exact) mass is 386 g/mol. The molecule has 1 fully saturated rings. The highest BCUT2D eigenvalue weighted by Gasteiger charge is 2.27. The Morgan fingerprint density at radius 2 is 1.63 bits per heavy atom. The van der Waals surface area contributed by atoms with Crippen LogP contribution in [0.1, 0.15) is 45.5 Å². The molecule has 0 aromatic heterocycles. The molecule has 1 saturated carbocycles. The maximum absolute atomic E-state index is 12.3. The molecule has 0 unspecified atom stereocenters. The summed E-state index contributed by atoms with van der Waals surface area (Å²) in [6, 6.07) is 10.4. The Bertz CT molecular complexity index is 923. The molecule has 0 heterocycles. The van der Waals surface area contributed by atoms with Crippen molar-refractivity contribution >= 4 is 15.9 Å². The van der Waals surface area contributed by atoms with Gasteiger partial charge in [-0.05, 0) is 81.0 Å². The topological polar surface area (TPSA) is 75.3 Å². The van der Waals surface area contributed by atoms with Crippen molar-refractivity contribution in [3.05, 3.63) is 64.2 Å². The number of benzene rings is 2. The molecule has 0 spiro atoms. The summed E-state index contributed by atoms with van der Waals surface area (Å²) >= 11 is 0. The number of aryl methyl sites for hydroxylation is 3. The van der Waals surface area contributed by atoms with Gasteiger partial charge in [0.15, 0.2) is 0 Å². The maximum Gasteiger partial charge on any atom is 0.251 e. The van der Waals surface area contributed by atoms with Crippen LogP contribution in [0, 0.1) is 20.8 Å². The van der Waals surface area contributed by atoms with Gasteiger partial charge in [0.05, 0.1) is 4.90 Å². The van der Waals surface area contributed by atoms with Crippen LogP contribution >= 0.6 is 0 Å². The third-order valence-electron chi connectivity index (χ3n) is 4.83. The van der Waals surface area contributed by atoms with Crippen LogP contribution in [0.4, 0.5) is 0 Å². The molecule has 1 amide bonds. The third-order valence-corrected chi connectivity index (χ3v) is 6.36. The summed E-state index contributed by atoms with van der Waals surface area (Å²) in [4.78, 5) is 12.5. The van der Waals surface area contributed by atoms with E-state index in [1.54, 1.807) is 12.1 Å². The van der Waals surface area contributed by atoms with Crippen LogP contribution < -0.4 is 10.0 Å². The van der Waals surface area contributed by atoms with Gasteiger partial charge in [0.25, 0.3) is 5.91 Å². The fraction of sp³-hybridized carbons (Fsp3) is 0.381. The van der Waals surface area contributed by atoms with E-state index < -0.39 is 10.0 Å². The maximum atomic E-state index is 12.3. The van der Waals surface area contributed by atoms with Crippen molar-refractivity contribution in [2.45, 2.75) is 51.0 Å². The van der Waals surface area contributed by atoms with Gasteiger partial charge in [-0.15, -0.1) is 0 Å². The van der Waals surface area contributed by atoms with Crippen molar-refractivity contribution < 1.29 is 13.2 Å². The number of carbonyl (C=O) groups is 1. The summed E-state index contributed by atoms with van der Waals surface area (Å²) in [6.07, 6.45) is 2.54. The number of carbonyl (C=O) groups excluding carboxylic acids is 1. The smallest absolute Gasteiger partial charge is 0.251 e. The number of amides is 1. The highest BCUT2D eigenvalue weighted by Crippen LogP contribution is 2.22. The SMILES string of the molecule is Cc1cc(C)c(CCNC(=O)c2ccc(S(=O)(=O)NC3CC3)cc2)c(C)c1. The largest absolute Gasteiger partial charge is 0.352 e. The normalized spacial score (nSPS) is 14.2. The molecule has 5 nitrogen and oxygen atoms in total. The number of hydrogen-bond donors (Lipinski definition) is 2. The molecule has 1 aliphatic rings. The first-order valence-electron chi connectivity index (χ1n) is 9.23. The van der Waals surface area contributed by atoms with Crippen molar-refractivity contribution in [2.75, 3.05) is 6.54 Å². The van der Waals surface area contributed by atoms with Crippen LogP contribution in [0.2, 0.25) is 0 Å². The van der Waals surface area contributed by atoms with Crippen LogP contribution in [0.3, 0.4) is 0 Å². The molecule has 6 heteroatoms. The Balaban J connectivity index is 1.58. The van der Waals surface area contributed by atoms with Gasteiger partial charge in [0, 0.05) is 18.2 Å². The van der Waals surface area contributed by atoms with E-state index in [0.29, 0.717) is 12.1 Å². The average molecular weight is 387 g/mol. The quantitative estimate of drug-likeness (QED) is 0.768. The molecule has 0 radical (unpaired) electrons. The molecular formula is C21H26N2O3S. The Labute approximate surface area is 161 Å². The van der Waals surface area contributed by atoms with Gasteiger partial charge < -0.3 is 5.32 Å². The fourth-order valence-corrected chi connectivity index (χ4v) is 4.59. The van der Waals surface area contributed by atoms with Crippen LogP contribution in [-0.2, 0) is 16.4 Å². The molecule has 27 heavy (non-hydrogen) atoms. The van der Waals surface area contributed by atoms with Gasteiger partial charge in [-0.25, -0.2) is 13.1 Å². The van der Waals surface area contributed by atoms with E-state index in [9.17, 15) is 13.2 Å². The second kappa shape index (κ2) is 7.82. The highest BCUT2D eigenvalue weighted by atomic mass is 32.2. The molecule has 1 aliphatic carbocycles. The van der Waals surface area contributed by atoms with Gasteiger partial charge in [-0.3, -0.25) is 4.79 Å². The predicted molar refractivity (Wildman–Crippen MR) is 106 cm³/mol. The summed E-state index contributed by atoms with van der Waals surface area (Å²) in [5.74, 6) is -0.198. The number of nitrogens with one attached hydrogen (secondary N) is 2. The molecule has 2 N–H and O–H groups in total. The molecule has 0 aliphatic heterocycles. The van der Waals surface area contributed by atoms with E-state index in [4.69, 9.17) is 0 Å². The summed E-state index contributed by atoms with van der Waals surface area (Å²) in [5.41, 5.74) is 5.43. The molecule has 144 valence electrons. The molecule has 0 atom stereocenters. The van der Waals surface area contributed by atoms with E-state index in [1.165, 1.54) is 34.4 Å². The Morgan fingerprint density at radius 1 is 1.04 bits per heavy atom. The van der Waals surface area contributed by atoms with Gasteiger partial charge >= 0.3 is 0 Å². The second-order valence-corrected chi connectivity index (χ2v) is 9.02. The Morgan fingerprint density at radius 3 is 2.19 bits per heavy atom. The zero-order valence-corrected chi connectivity index (χ0v) is 16.8. The summed E-state index contributed by atoms with van der Waals surface area (Å²) < 4.78 is 27.0. The second-order valence-electron chi connectivity index (χ2n) is 7.30. The first kappa shape index (κ1) is 19.6. The fourth-order valence-electron chi connectivity index (χ4n) is 3.28. The lowest BCUT2D eigenvalue weighted by molar-refractivity contribution is 0.0954. The average Bonchev–Trinajstić information content (AvgIpc) is 3.40. The third kappa shape index (κ3) is 4.96. The van der Waals surface area contributed by atoms with Gasteiger partial charge in [-0.1, -0.05) is 17.7 Å². The summed E-state index contributed by atoms with van der Waals surface area (Å²) in [6.45, 7) is 6.79. The zero-order valence-electron chi connectivity index (χ0n) is 16.0. The number of rotatable bonds is 7. The standard InChI is InChI=1S/C21H26N2O3S/c1-14-12-15(2)20(16(3)13-14)10-11-22-21(24)17-4-8-19(9-5-17)27(25,26)23-18-6-7-18/h4-5,8-9,12-13,18,23H,6-7,10-11H2,1-3H3,(H,22,24). The minimum atomic E-state index is -3.49. The molecular weight excluding hydrogens is 360 g/mol. The number of sulfonamides is 1. The van der Waals surface area contributed by atoms with Crippen LogP contribution in [0.15, 0.2) is 41.3 Å². The molecule has 3 rings (SSSR count). The minimum Gasteiger partial charge on any atom is -0.352 e. The zero-order chi connectivity index (χ0) is 19.6. The first-order valence-corrected chi connectivity index (χ1v) is 10.7. The first-order chi connectivity index (χ1) is 12.8. The molecule has 2 aromatic rings. The van der Waals surface area contributed by atoms with Crippen LogP contribution in [-0.4, -0.2) is 26.9 Å². The number of hydrogen-bond acceptors (Lipinski definition) is 3. The van der Waals surface area contributed by atoms with E-state index in [0.717, 1.165) is 19.3 Å². The van der Waals surface area contributed by atoms with E-state index in [1.807, 2.05) is 0 Å². The highest BCUT2D eigenvalue weighted by molar-refractivity contribution is 7.89. The van der Waals surface area contributed by atoms with Crippen molar-refractivity contribution in [1.82, 2.24) is 10.0 Å². The summed E-state index contributed by atoms with van der Waals surface area (Å²) in [7, 11) is -3.49. The van der Waals surface area contributed by atoms with E-state index >= 15 is 0 Å². The van der Waals surface area contributed by atoms with Crippen molar-refractivity contribution in [1.29, 1.82) is 0 Å². The van der Waals surface area contributed by atoms with Crippen molar-refractivity contribution in [3.63, 3.8) is 0 Å². The van der Waals surface area contributed by atoms with Crippen molar-refractivity contribution in [3.8, 4) is 0 Å². The lowest BCUT2D eigenvalue weighted by Gasteiger charge is -2.12. The minimum absolute atomic E-state index is 0.0617. The van der Waals surface area contributed by atoms with Crippen molar-refractivity contribution in [2.24, 2.45) is 0 Å². The lowest BCUT2D eigenvalue weighted by Crippen LogP contribution is -2.27. The van der Waals surface area contributed by atoms with E-state index in [-0.39, 0.29) is 16.8 Å². The Kier molecular flexibility index (Phi) is 5.67. The van der Waals surface area contributed by atoms with Crippen LogP contribution in [0.25, 0.3) is 0 Å². The predicted octanol–water partition coefficient (Wildman–Crippen LogP) is 3.03. The van der Waals surface area contributed by atoms with Gasteiger partial charge in [0.1, 0.15) is 0 Å². The van der Waals surface area contributed by atoms with Gasteiger partial charge in [0.2, 0.25) is 10.0 Å².